The first-order valence-corrected chi connectivity index (χ1v) is 15.2. The zero-order chi connectivity index (χ0) is 10.7. The summed E-state index contributed by atoms with van der Waals surface area (Å²) in [6.07, 6.45) is 0. The quantitative estimate of drug-likeness (QED) is 0.410. The van der Waals surface area contributed by atoms with Crippen molar-refractivity contribution in [2.45, 2.75) is 13.8 Å². The molecule has 74 valence electrons. The average Bonchev–Trinajstić information content (AvgIpc) is 1.54. The molecule has 0 N–H and O–H groups in total. The zero-order valence-corrected chi connectivity index (χ0v) is 15.6. The minimum absolute atomic E-state index is 0. The van der Waals surface area contributed by atoms with Gasteiger partial charge in [0.2, 0.25) is 0 Å². The van der Waals surface area contributed by atoms with E-state index in [1.165, 1.54) is 0 Å². The second-order valence-corrected chi connectivity index (χ2v) is 16.1. The van der Waals surface area contributed by atoms with E-state index in [1.54, 1.807) is 0 Å². The van der Waals surface area contributed by atoms with Crippen LogP contribution in [0.3, 0.4) is 0 Å². The van der Waals surface area contributed by atoms with Gasteiger partial charge in [-0.2, -0.15) is 0 Å². The third kappa shape index (κ3) is 984. The number of halogens is 3. The maximum Gasteiger partial charge on any atom is 2.00 e. The normalized spacial score (nSPS) is 6.62. The van der Waals surface area contributed by atoms with E-state index in [0.717, 1.165) is 13.8 Å². The standard InChI is InChI=1S/2C2H4O2.Bi.3ClH.Zn/c2*1-2(3)4;;;;;/h2*1H3,(H,3,4);;3*1H;/q;;+3;;;;+2/p-5. The van der Waals surface area contributed by atoms with E-state index < -0.39 is 30.1 Å². The number of carboxylic acid groups (broad SMARTS) is 2. The molecule has 0 spiro atoms. The summed E-state index contributed by atoms with van der Waals surface area (Å²) in [6, 6.07) is 0. The van der Waals surface area contributed by atoms with E-state index in [0.29, 0.717) is 0 Å². The molecule has 0 rings (SSSR count). The third-order valence-corrected chi connectivity index (χ3v) is 0. The van der Waals surface area contributed by atoms with Gasteiger partial charge in [-0.05, 0) is 13.8 Å². The fourth-order valence-electron chi connectivity index (χ4n) is 0. The van der Waals surface area contributed by atoms with Crippen LogP contribution in [0.1, 0.15) is 13.8 Å². The smallest absolute Gasteiger partial charge is 2.00 e. The van der Waals surface area contributed by atoms with Crippen molar-refractivity contribution in [1.82, 2.24) is 0 Å². The van der Waals surface area contributed by atoms with Gasteiger partial charge in [-0.25, -0.2) is 0 Å². The van der Waals surface area contributed by atoms with Crippen LogP contribution in [-0.2, 0) is 29.1 Å². The number of carbonyl (C=O) groups excluding carboxylic acids is 2. The molecule has 0 saturated carbocycles. The number of carbonyl (C=O) groups is 2. The molecule has 0 amide bonds. The molecule has 0 fully saturated rings. The van der Waals surface area contributed by atoms with Crippen LogP contribution < -0.4 is 10.2 Å². The Balaban J connectivity index is -0.0000000450. The van der Waals surface area contributed by atoms with Crippen molar-refractivity contribution in [3.8, 4) is 0 Å². The number of hydrogen-bond donors (Lipinski definition) is 0. The van der Waals surface area contributed by atoms with Crippen LogP contribution in [0.15, 0.2) is 0 Å². The van der Waals surface area contributed by atoms with Gasteiger partial charge >= 0.3 is 63.2 Å². The topological polar surface area (TPSA) is 80.3 Å². The molecule has 9 heteroatoms. The third-order valence-electron chi connectivity index (χ3n) is 0. The molecule has 0 aliphatic heterocycles. The maximum absolute atomic E-state index is 8.89. The van der Waals surface area contributed by atoms with E-state index in [4.69, 9.17) is 45.3 Å². The Kier molecular flexibility index (Phi) is 34.8. The van der Waals surface area contributed by atoms with Gasteiger partial charge in [0, 0.05) is 11.9 Å². The molecule has 4 nitrogen and oxygen atoms in total. The molecule has 0 aliphatic carbocycles. The van der Waals surface area contributed by atoms with Crippen molar-refractivity contribution in [1.29, 1.82) is 0 Å². The van der Waals surface area contributed by atoms with Crippen molar-refractivity contribution in [2.24, 2.45) is 0 Å². The monoisotopic (exact) mass is 496 g/mol. The average molecular weight is 499 g/mol. The minimum Gasteiger partial charge on any atom is 2.00 e. The number of hydrogen-bond acceptors (Lipinski definition) is 4. The molecular formula is C4H6BiCl3O4Zn. The summed E-state index contributed by atoms with van der Waals surface area (Å²) < 4.78 is 0. The SMILES string of the molecule is CC(=O)[O-].CC(=O)[O-].[Cl][Bi]([Cl])[Cl].[Zn+2]. The van der Waals surface area contributed by atoms with Crippen LogP contribution >= 0.6 is 25.5 Å². The molecule has 0 atom stereocenters. The van der Waals surface area contributed by atoms with Crippen LogP contribution in [0.4, 0.5) is 0 Å². The second-order valence-electron chi connectivity index (χ2n) is 1.17. The van der Waals surface area contributed by atoms with Crippen molar-refractivity contribution in [3.05, 3.63) is 0 Å². The molecule has 0 aromatic carbocycles. The number of aliphatic carboxylic acids is 2. The van der Waals surface area contributed by atoms with Crippen molar-refractivity contribution in [2.75, 3.05) is 0 Å². The van der Waals surface area contributed by atoms with Crippen molar-refractivity contribution in [3.63, 3.8) is 0 Å². The Morgan fingerprint density at radius 1 is 1.00 bits per heavy atom. The predicted molar refractivity (Wildman–Crippen MR) is 44.7 cm³/mol. The summed E-state index contributed by atoms with van der Waals surface area (Å²) in [4.78, 5) is 17.8. The largest absolute Gasteiger partial charge is 2.00 e. The van der Waals surface area contributed by atoms with E-state index in [2.05, 4.69) is 0 Å². The molecule has 0 heterocycles. The number of carboxylic acids is 2. The van der Waals surface area contributed by atoms with Gasteiger partial charge in [0.15, 0.2) is 0 Å². The van der Waals surface area contributed by atoms with Gasteiger partial charge in [0.05, 0.1) is 0 Å². The Morgan fingerprint density at radius 3 is 1.00 bits per heavy atom. The van der Waals surface area contributed by atoms with Gasteiger partial charge in [0.25, 0.3) is 0 Å². The second kappa shape index (κ2) is 19.0. The number of rotatable bonds is 0. The molecule has 0 unspecified atom stereocenters. The van der Waals surface area contributed by atoms with Crippen molar-refractivity contribution >= 4 is 55.6 Å². The molecule has 0 aromatic heterocycles. The van der Waals surface area contributed by atoms with Crippen LogP contribution in [-0.4, -0.2) is 30.1 Å². The fraction of sp³-hybridized carbons (Fsp3) is 0.500. The maximum atomic E-state index is 8.89. The van der Waals surface area contributed by atoms with Crippen LogP contribution in [0, 0.1) is 0 Å². The first-order chi connectivity index (χ1) is 5.20. The van der Waals surface area contributed by atoms with E-state index in [1.807, 2.05) is 0 Å². The summed E-state index contributed by atoms with van der Waals surface area (Å²) in [6.45, 7) is 1.94. The Hall–Kier alpha value is 1.32. The van der Waals surface area contributed by atoms with Gasteiger partial charge < -0.3 is 19.8 Å². The van der Waals surface area contributed by atoms with E-state index in [-0.39, 0.29) is 19.5 Å². The Bertz CT molecular complexity index is 112. The summed E-state index contributed by atoms with van der Waals surface area (Å²) in [5.74, 6) is -2.17. The fourth-order valence-corrected chi connectivity index (χ4v) is 0. The predicted octanol–water partition coefficient (Wildman–Crippen LogP) is -0.802. The van der Waals surface area contributed by atoms with E-state index >= 15 is 0 Å². The van der Waals surface area contributed by atoms with Crippen molar-refractivity contribution < 1.29 is 39.3 Å². The van der Waals surface area contributed by atoms with Crippen LogP contribution in [0.2, 0.25) is 0 Å². The summed E-state index contributed by atoms with van der Waals surface area (Å²) in [5.41, 5.74) is 0. The Labute approximate surface area is 108 Å². The molecule has 0 aromatic rings. The van der Waals surface area contributed by atoms with Crippen LogP contribution in [0.25, 0.3) is 0 Å². The molecule has 13 heavy (non-hydrogen) atoms. The summed E-state index contributed by atoms with van der Waals surface area (Å²) in [5, 5.41) is 17.8. The Morgan fingerprint density at radius 2 is 1.00 bits per heavy atom. The first-order valence-electron chi connectivity index (χ1n) is 2.32. The molecular weight excluding hydrogens is 493 g/mol. The molecule has 0 radical (unpaired) electrons. The molecule has 0 saturated heterocycles. The molecule has 0 bridgehead atoms. The minimum atomic E-state index is -2.18. The van der Waals surface area contributed by atoms with Gasteiger partial charge in [-0.1, -0.05) is 0 Å². The van der Waals surface area contributed by atoms with Gasteiger partial charge in [-0.15, -0.1) is 0 Å². The summed E-state index contributed by atoms with van der Waals surface area (Å²) in [7, 11) is 15.0. The van der Waals surface area contributed by atoms with Gasteiger partial charge in [-0.3, -0.25) is 0 Å². The first kappa shape index (κ1) is 23.9. The zero-order valence-electron chi connectivity index (χ0n) is 6.92. The van der Waals surface area contributed by atoms with Gasteiger partial charge in [0.1, 0.15) is 0 Å². The van der Waals surface area contributed by atoms with E-state index in [9.17, 15) is 0 Å². The summed E-state index contributed by atoms with van der Waals surface area (Å²) >= 11 is -2.18. The molecule has 0 aliphatic rings. The van der Waals surface area contributed by atoms with Crippen LogP contribution in [0.5, 0.6) is 0 Å².